The van der Waals surface area contributed by atoms with Crippen molar-refractivity contribution in [1.82, 2.24) is 10.6 Å². The average Bonchev–Trinajstić information content (AvgIpc) is 2.19. The van der Waals surface area contributed by atoms with Crippen LogP contribution in [0.5, 0.6) is 0 Å². The van der Waals surface area contributed by atoms with Crippen molar-refractivity contribution >= 4 is 0 Å². The lowest BCUT2D eigenvalue weighted by molar-refractivity contribution is 0.357. The molecule has 74 valence electrons. The summed E-state index contributed by atoms with van der Waals surface area (Å²) < 4.78 is 0. The summed E-state index contributed by atoms with van der Waals surface area (Å²) in [6, 6.07) is 2.22. The quantitative estimate of drug-likeness (QED) is 0.672. The lowest BCUT2D eigenvalue weighted by atomic mass is 9.99. The van der Waals surface area contributed by atoms with Crippen molar-refractivity contribution < 1.29 is 0 Å². The molecule has 3 nitrogen and oxygen atoms in total. The number of rotatable bonds is 4. The Balaban J connectivity index is 2.02. The Morgan fingerprint density at radius 1 is 1.69 bits per heavy atom. The molecule has 0 spiro atoms. The molecule has 2 N–H and O–H groups in total. The Hall–Kier alpha value is -0.590. The van der Waals surface area contributed by atoms with Crippen LogP contribution in [0.2, 0.25) is 0 Å². The molecule has 0 aliphatic carbocycles. The van der Waals surface area contributed by atoms with Crippen molar-refractivity contribution in [3.63, 3.8) is 0 Å². The molecule has 0 radical (unpaired) electrons. The Kier molecular flexibility index (Phi) is 4.81. The molecule has 2 unspecified atom stereocenters. The van der Waals surface area contributed by atoms with Gasteiger partial charge in [-0.25, -0.2) is 0 Å². The zero-order valence-corrected chi connectivity index (χ0v) is 8.34. The van der Waals surface area contributed by atoms with Crippen molar-refractivity contribution in [3.05, 3.63) is 0 Å². The van der Waals surface area contributed by atoms with E-state index in [9.17, 15) is 0 Å². The van der Waals surface area contributed by atoms with Gasteiger partial charge in [0, 0.05) is 6.54 Å². The third-order valence-electron chi connectivity index (χ3n) is 2.50. The minimum Gasteiger partial charge on any atom is -0.316 e. The highest BCUT2D eigenvalue weighted by molar-refractivity contribution is 4.81. The van der Waals surface area contributed by atoms with Crippen LogP contribution >= 0.6 is 0 Å². The number of piperidine rings is 1. The summed E-state index contributed by atoms with van der Waals surface area (Å²) in [6.45, 7) is 6.14. The number of nitrogens with one attached hydrogen (secondary N) is 2. The van der Waals surface area contributed by atoms with Gasteiger partial charge in [-0.2, -0.15) is 5.26 Å². The summed E-state index contributed by atoms with van der Waals surface area (Å²) in [6.07, 6.45) is 2.61. The second-order valence-corrected chi connectivity index (χ2v) is 3.90. The van der Waals surface area contributed by atoms with Gasteiger partial charge in [0.15, 0.2) is 0 Å². The third-order valence-corrected chi connectivity index (χ3v) is 2.50. The molecule has 1 saturated heterocycles. The fourth-order valence-electron chi connectivity index (χ4n) is 1.65. The van der Waals surface area contributed by atoms with Crippen molar-refractivity contribution in [2.24, 2.45) is 11.8 Å². The summed E-state index contributed by atoms with van der Waals surface area (Å²) in [5, 5.41) is 15.3. The van der Waals surface area contributed by atoms with Crippen LogP contribution < -0.4 is 10.6 Å². The van der Waals surface area contributed by atoms with Crippen LogP contribution in [0.15, 0.2) is 0 Å². The van der Waals surface area contributed by atoms with Gasteiger partial charge in [0.25, 0.3) is 0 Å². The van der Waals surface area contributed by atoms with E-state index in [1.54, 1.807) is 0 Å². The predicted molar refractivity (Wildman–Crippen MR) is 53.2 cm³/mol. The van der Waals surface area contributed by atoms with Crippen molar-refractivity contribution in [3.8, 4) is 6.07 Å². The van der Waals surface area contributed by atoms with Crippen LogP contribution in [0.1, 0.15) is 19.8 Å². The first-order valence-electron chi connectivity index (χ1n) is 5.14. The van der Waals surface area contributed by atoms with E-state index in [0.29, 0.717) is 0 Å². The number of nitriles is 1. The van der Waals surface area contributed by atoms with Crippen molar-refractivity contribution in [1.29, 1.82) is 5.26 Å². The molecule has 0 bridgehead atoms. The molecule has 1 fully saturated rings. The summed E-state index contributed by atoms with van der Waals surface area (Å²) in [5.74, 6) is 0.899. The summed E-state index contributed by atoms with van der Waals surface area (Å²) in [5.41, 5.74) is 0. The maximum atomic E-state index is 8.57. The van der Waals surface area contributed by atoms with Gasteiger partial charge in [0.2, 0.25) is 0 Å². The first-order valence-corrected chi connectivity index (χ1v) is 5.14. The molecule has 1 aliphatic rings. The minimum atomic E-state index is 0.136. The summed E-state index contributed by atoms with van der Waals surface area (Å²) in [7, 11) is 0. The van der Waals surface area contributed by atoms with Crippen LogP contribution in [-0.2, 0) is 0 Å². The fraction of sp³-hybridized carbons (Fsp3) is 0.900. The normalized spacial score (nSPS) is 25.1. The topological polar surface area (TPSA) is 47.9 Å². The molecule has 0 amide bonds. The molecule has 3 heteroatoms. The number of hydrogen-bond acceptors (Lipinski definition) is 3. The average molecular weight is 181 g/mol. The Labute approximate surface area is 80.5 Å². The zero-order valence-electron chi connectivity index (χ0n) is 8.34. The molecule has 0 aromatic heterocycles. The highest BCUT2D eigenvalue weighted by Gasteiger charge is 2.12. The van der Waals surface area contributed by atoms with Gasteiger partial charge < -0.3 is 10.6 Å². The Morgan fingerprint density at radius 3 is 3.15 bits per heavy atom. The molecule has 13 heavy (non-hydrogen) atoms. The Bertz CT molecular complexity index is 167. The van der Waals surface area contributed by atoms with E-state index < -0.39 is 0 Å². The van der Waals surface area contributed by atoms with Crippen molar-refractivity contribution in [2.75, 3.05) is 26.2 Å². The van der Waals surface area contributed by atoms with Crippen LogP contribution in [0.3, 0.4) is 0 Å². The molecule has 0 saturated carbocycles. The standard InChI is InChI=1S/C10H19N3/c1-9(5-11)6-13-8-10-3-2-4-12-7-10/h9-10,12-13H,2-4,6-8H2,1H3. The molecule has 0 aromatic carbocycles. The lowest BCUT2D eigenvalue weighted by Crippen LogP contribution is -2.37. The lowest BCUT2D eigenvalue weighted by Gasteiger charge is -2.23. The monoisotopic (exact) mass is 181 g/mol. The van der Waals surface area contributed by atoms with E-state index in [4.69, 9.17) is 5.26 Å². The van der Waals surface area contributed by atoms with Gasteiger partial charge in [0.05, 0.1) is 12.0 Å². The fourth-order valence-corrected chi connectivity index (χ4v) is 1.65. The van der Waals surface area contributed by atoms with E-state index in [2.05, 4.69) is 16.7 Å². The predicted octanol–water partition coefficient (Wildman–Crippen LogP) is 0.735. The minimum absolute atomic E-state index is 0.136. The maximum Gasteiger partial charge on any atom is 0.0666 e. The second kappa shape index (κ2) is 5.95. The molecule has 1 rings (SSSR count). The Morgan fingerprint density at radius 2 is 2.54 bits per heavy atom. The number of nitrogens with zero attached hydrogens (tertiary/aromatic N) is 1. The molecular formula is C10H19N3. The van der Waals surface area contributed by atoms with E-state index in [1.165, 1.54) is 19.4 Å². The van der Waals surface area contributed by atoms with Gasteiger partial charge in [-0.15, -0.1) is 0 Å². The smallest absolute Gasteiger partial charge is 0.0666 e. The summed E-state index contributed by atoms with van der Waals surface area (Å²) in [4.78, 5) is 0. The van der Waals surface area contributed by atoms with Crippen LogP contribution in [-0.4, -0.2) is 26.2 Å². The largest absolute Gasteiger partial charge is 0.316 e. The van der Waals surface area contributed by atoms with Gasteiger partial charge >= 0.3 is 0 Å². The van der Waals surface area contributed by atoms with Crippen LogP contribution in [0.4, 0.5) is 0 Å². The van der Waals surface area contributed by atoms with Crippen LogP contribution in [0, 0.1) is 23.2 Å². The van der Waals surface area contributed by atoms with Gasteiger partial charge in [-0.05, 0) is 45.3 Å². The maximum absolute atomic E-state index is 8.57. The first kappa shape index (κ1) is 10.5. The first-order chi connectivity index (χ1) is 6.33. The third kappa shape index (κ3) is 4.25. The number of hydrogen-bond donors (Lipinski definition) is 2. The zero-order chi connectivity index (χ0) is 9.52. The van der Waals surface area contributed by atoms with Gasteiger partial charge in [0.1, 0.15) is 0 Å². The molecule has 1 aliphatic heterocycles. The molecule has 1 heterocycles. The molecule has 2 atom stereocenters. The van der Waals surface area contributed by atoms with Crippen molar-refractivity contribution in [2.45, 2.75) is 19.8 Å². The second-order valence-electron chi connectivity index (χ2n) is 3.90. The van der Waals surface area contributed by atoms with E-state index in [0.717, 1.165) is 25.6 Å². The molecular weight excluding hydrogens is 162 g/mol. The van der Waals surface area contributed by atoms with Crippen LogP contribution in [0.25, 0.3) is 0 Å². The summed E-state index contributed by atoms with van der Waals surface area (Å²) >= 11 is 0. The highest BCUT2D eigenvalue weighted by atomic mass is 14.9. The SMILES string of the molecule is CC(C#N)CNCC1CCCNC1. The highest BCUT2D eigenvalue weighted by Crippen LogP contribution is 2.08. The van der Waals surface area contributed by atoms with E-state index in [-0.39, 0.29) is 5.92 Å². The van der Waals surface area contributed by atoms with E-state index >= 15 is 0 Å². The van der Waals surface area contributed by atoms with Gasteiger partial charge in [-0.3, -0.25) is 0 Å². The van der Waals surface area contributed by atoms with E-state index in [1.807, 2.05) is 6.92 Å². The molecule has 0 aromatic rings. The van der Waals surface area contributed by atoms with Gasteiger partial charge in [-0.1, -0.05) is 0 Å².